The molecule has 2 N–H and O–H groups in total. The fourth-order valence-electron chi connectivity index (χ4n) is 2.44. The summed E-state index contributed by atoms with van der Waals surface area (Å²) in [4.78, 5) is 13.8. The number of likely N-dealkylation sites (N-methyl/N-ethyl adjacent to an activating group) is 1. The second kappa shape index (κ2) is 8.25. The molecule has 1 aliphatic rings. The van der Waals surface area contributed by atoms with Crippen LogP contribution >= 0.6 is 12.4 Å². The van der Waals surface area contributed by atoms with Crippen molar-refractivity contribution in [3.63, 3.8) is 0 Å². The van der Waals surface area contributed by atoms with Gasteiger partial charge in [-0.1, -0.05) is 26.0 Å². The molecule has 22 heavy (non-hydrogen) atoms. The average molecular weight is 329 g/mol. The molecule has 0 saturated heterocycles. The Morgan fingerprint density at radius 1 is 1.36 bits per heavy atom. The van der Waals surface area contributed by atoms with Crippen molar-refractivity contribution in [1.29, 1.82) is 0 Å². The number of halogens is 1. The van der Waals surface area contributed by atoms with Crippen LogP contribution in [0.1, 0.15) is 20.3 Å². The molecule has 1 aromatic rings. The zero-order valence-corrected chi connectivity index (χ0v) is 14.1. The van der Waals surface area contributed by atoms with Crippen LogP contribution in [0.4, 0.5) is 0 Å². The smallest absolute Gasteiger partial charge is 0.239 e. The van der Waals surface area contributed by atoms with Crippen molar-refractivity contribution in [3.05, 3.63) is 24.3 Å². The van der Waals surface area contributed by atoms with E-state index in [0.717, 1.165) is 11.5 Å². The molecule has 6 heteroatoms. The Balaban J connectivity index is 0.00000242. The lowest BCUT2D eigenvalue weighted by Crippen LogP contribution is -2.47. The van der Waals surface area contributed by atoms with E-state index in [1.807, 2.05) is 24.3 Å². The SMILES string of the molecule is CC(C)C[C@H](N)C(=O)N(C)CC1COc2ccccc2O1.Cl. The van der Waals surface area contributed by atoms with Crippen LogP contribution in [-0.2, 0) is 4.79 Å². The van der Waals surface area contributed by atoms with Gasteiger partial charge in [-0.25, -0.2) is 0 Å². The molecule has 0 saturated carbocycles. The Labute approximate surface area is 138 Å². The van der Waals surface area contributed by atoms with E-state index in [0.29, 0.717) is 25.5 Å². The third-order valence-electron chi connectivity index (χ3n) is 3.46. The van der Waals surface area contributed by atoms with Gasteiger partial charge in [0.25, 0.3) is 0 Å². The van der Waals surface area contributed by atoms with Crippen LogP contribution in [0.25, 0.3) is 0 Å². The highest BCUT2D eigenvalue weighted by molar-refractivity contribution is 5.85. The molecule has 0 bridgehead atoms. The Morgan fingerprint density at radius 3 is 2.64 bits per heavy atom. The van der Waals surface area contributed by atoms with Crippen molar-refractivity contribution in [1.82, 2.24) is 4.90 Å². The third kappa shape index (κ3) is 4.78. The van der Waals surface area contributed by atoms with E-state index in [4.69, 9.17) is 15.2 Å². The van der Waals surface area contributed by atoms with Crippen LogP contribution in [0.3, 0.4) is 0 Å². The van der Waals surface area contributed by atoms with E-state index >= 15 is 0 Å². The van der Waals surface area contributed by atoms with E-state index in [9.17, 15) is 4.79 Å². The van der Waals surface area contributed by atoms with Crippen LogP contribution in [-0.4, -0.2) is 43.2 Å². The van der Waals surface area contributed by atoms with Crippen LogP contribution < -0.4 is 15.2 Å². The molecule has 0 fully saturated rings. The minimum Gasteiger partial charge on any atom is -0.486 e. The van der Waals surface area contributed by atoms with Gasteiger partial charge in [0, 0.05) is 7.05 Å². The molecule has 2 rings (SSSR count). The summed E-state index contributed by atoms with van der Waals surface area (Å²) >= 11 is 0. The first-order chi connectivity index (χ1) is 9.97. The molecule has 0 radical (unpaired) electrons. The first-order valence-electron chi connectivity index (χ1n) is 7.36. The van der Waals surface area contributed by atoms with Crippen molar-refractivity contribution >= 4 is 18.3 Å². The molecule has 1 aromatic carbocycles. The van der Waals surface area contributed by atoms with Gasteiger partial charge in [0.2, 0.25) is 5.91 Å². The molecule has 1 heterocycles. The molecule has 124 valence electrons. The highest BCUT2D eigenvalue weighted by Crippen LogP contribution is 2.30. The van der Waals surface area contributed by atoms with Gasteiger partial charge in [0.05, 0.1) is 12.6 Å². The third-order valence-corrected chi connectivity index (χ3v) is 3.46. The van der Waals surface area contributed by atoms with Crippen molar-refractivity contribution in [2.24, 2.45) is 11.7 Å². The standard InChI is InChI=1S/C16H24N2O3.ClH/c1-11(2)8-13(17)16(19)18(3)9-12-10-20-14-6-4-5-7-15(14)21-12;/h4-7,11-13H,8-10,17H2,1-3H3;1H/t12?,13-;/m0./s1. The normalized spacial score (nSPS) is 17.6. The summed E-state index contributed by atoms with van der Waals surface area (Å²) in [6.07, 6.45) is 0.522. The minimum atomic E-state index is -0.452. The van der Waals surface area contributed by atoms with Gasteiger partial charge in [0.15, 0.2) is 17.6 Å². The number of para-hydroxylation sites is 2. The van der Waals surface area contributed by atoms with Gasteiger partial charge in [-0.15, -0.1) is 12.4 Å². The van der Waals surface area contributed by atoms with E-state index in [-0.39, 0.29) is 24.4 Å². The maximum atomic E-state index is 12.2. The Kier molecular flexibility index (Phi) is 6.97. The summed E-state index contributed by atoms with van der Waals surface area (Å²) in [5, 5.41) is 0. The molecule has 2 atom stereocenters. The first kappa shape index (κ1) is 18.6. The number of amides is 1. The van der Waals surface area contributed by atoms with Crippen LogP contribution in [0.15, 0.2) is 24.3 Å². The molecule has 0 aliphatic carbocycles. The predicted octanol–water partition coefficient (Wildman–Crippen LogP) is 2.08. The monoisotopic (exact) mass is 328 g/mol. The molecule has 0 spiro atoms. The molecule has 5 nitrogen and oxygen atoms in total. The number of hydrogen-bond donors (Lipinski definition) is 1. The number of carbonyl (C=O) groups is 1. The number of fused-ring (bicyclic) bond motifs is 1. The molecule has 1 amide bonds. The molecule has 1 unspecified atom stereocenters. The molecule has 0 aromatic heterocycles. The summed E-state index contributed by atoms with van der Waals surface area (Å²) in [6, 6.07) is 7.10. The van der Waals surface area contributed by atoms with E-state index in [2.05, 4.69) is 13.8 Å². The number of rotatable bonds is 5. The molecule has 1 aliphatic heterocycles. The van der Waals surface area contributed by atoms with E-state index in [1.54, 1.807) is 11.9 Å². The van der Waals surface area contributed by atoms with E-state index in [1.165, 1.54) is 0 Å². The lowest BCUT2D eigenvalue weighted by atomic mass is 10.0. The summed E-state index contributed by atoms with van der Waals surface area (Å²) < 4.78 is 11.5. The number of nitrogens with two attached hydrogens (primary N) is 1. The summed E-state index contributed by atoms with van der Waals surface area (Å²) in [7, 11) is 1.76. The second-order valence-electron chi connectivity index (χ2n) is 5.95. The van der Waals surface area contributed by atoms with Gasteiger partial charge in [0.1, 0.15) is 6.61 Å². The van der Waals surface area contributed by atoms with Gasteiger partial charge in [-0.05, 0) is 24.5 Å². The zero-order valence-electron chi connectivity index (χ0n) is 13.3. The quantitative estimate of drug-likeness (QED) is 0.898. The fourth-order valence-corrected chi connectivity index (χ4v) is 2.44. The maximum Gasteiger partial charge on any atom is 0.239 e. The van der Waals surface area contributed by atoms with Crippen LogP contribution in [0, 0.1) is 5.92 Å². The van der Waals surface area contributed by atoms with Crippen molar-refractivity contribution in [2.45, 2.75) is 32.4 Å². The fraction of sp³-hybridized carbons (Fsp3) is 0.562. The van der Waals surface area contributed by atoms with Gasteiger partial charge < -0.3 is 20.1 Å². The average Bonchev–Trinajstić information content (AvgIpc) is 2.45. The predicted molar refractivity (Wildman–Crippen MR) is 88.7 cm³/mol. The van der Waals surface area contributed by atoms with Gasteiger partial charge in [-0.2, -0.15) is 0 Å². The van der Waals surface area contributed by atoms with Crippen molar-refractivity contribution in [2.75, 3.05) is 20.2 Å². The lowest BCUT2D eigenvalue weighted by molar-refractivity contribution is -0.133. The number of nitrogens with zero attached hydrogens (tertiary/aromatic N) is 1. The van der Waals surface area contributed by atoms with Crippen LogP contribution in [0.5, 0.6) is 11.5 Å². The lowest BCUT2D eigenvalue weighted by Gasteiger charge is -2.30. The topological polar surface area (TPSA) is 64.8 Å². The highest BCUT2D eigenvalue weighted by Gasteiger charge is 2.26. The first-order valence-corrected chi connectivity index (χ1v) is 7.36. The van der Waals surface area contributed by atoms with Gasteiger partial charge >= 0.3 is 0 Å². The Morgan fingerprint density at radius 2 is 2.00 bits per heavy atom. The number of benzene rings is 1. The van der Waals surface area contributed by atoms with Gasteiger partial charge in [-0.3, -0.25) is 4.79 Å². The minimum absolute atomic E-state index is 0. The number of hydrogen-bond acceptors (Lipinski definition) is 4. The van der Waals surface area contributed by atoms with Crippen molar-refractivity contribution in [3.8, 4) is 11.5 Å². The Bertz CT molecular complexity index is 496. The summed E-state index contributed by atoms with van der Waals surface area (Å²) in [6.45, 7) is 5.03. The molecular weight excluding hydrogens is 304 g/mol. The second-order valence-corrected chi connectivity index (χ2v) is 5.95. The highest BCUT2D eigenvalue weighted by atomic mass is 35.5. The molecular formula is C16H25ClN2O3. The maximum absolute atomic E-state index is 12.2. The summed E-state index contributed by atoms with van der Waals surface area (Å²) in [5.74, 6) is 1.82. The zero-order chi connectivity index (χ0) is 15.4. The van der Waals surface area contributed by atoms with Crippen LogP contribution in [0.2, 0.25) is 0 Å². The number of ether oxygens (including phenoxy) is 2. The van der Waals surface area contributed by atoms with Crippen molar-refractivity contribution < 1.29 is 14.3 Å². The summed E-state index contributed by atoms with van der Waals surface area (Å²) in [5.41, 5.74) is 5.94. The number of carbonyl (C=O) groups excluding carboxylic acids is 1. The van der Waals surface area contributed by atoms with E-state index < -0.39 is 6.04 Å². The largest absolute Gasteiger partial charge is 0.486 e. The Hall–Kier alpha value is -1.46.